The van der Waals surface area contributed by atoms with Crippen LogP contribution in [0.15, 0.2) is 62.5 Å². The molecule has 2 aromatic carbocycles. The maximum atomic E-state index is 12.8. The molecule has 0 aliphatic rings. The standard InChI is InChI=1S/C18H13BrN2O3/c1-23-14-7-6-12(19)8-11(14)9-21-10-20-16-13-4-2-3-5-15(13)24-17(16)18(21)22/h2-8,10H,9H2,1H3. The van der Waals surface area contributed by atoms with Gasteiger partial charge in [0, 0.05) is 15.4 Å². The predicted molar refractivity (Wildman–Crippen MR) is 95.6 cm³/mol. The van der Waals surface area contributed by atoms with E-state index in [1.807, 2.05) is 42.5 Å². The zero-order valence-corrected chi connectivity index (χ0v) is 14.4. The van der Waals surface area contributed by atoms with Crippen molar-refractivity contribution < 1.29 is 9.15 Å². The van der Waals surface area contributed by atoms with Crippen LogP contribution in [-0.2, 0) is 6.54 Å². The fourth-order valence-corrected chi connectivity index (χ4v) is 3.19. The number of aromatic nitrogens is 2. The van der Waals surface area contributed by atoms with E-state index in [1.54, 1.807) is 13.4 Å². The van der Waals surface area contributed by atoms with Gasteiger partial charge in [0.1, 0.15) is 16.8 Å². The minimum Gasteiger partial charge on any atom is -0.496 e. The molecule has 6 heteroatoms. The lowest BCUT2D eigenvalue weighted by Crippen LogP contribution is -2.20. The zero-order valence-electron chi connectivity index (χ0n) is 12.8. The maximum absolute atomic E-state index is 12.8. The highest BCUT2D eigenvalue weighted by Crippen LogP contribution is 2.26. The summed E-state index contributed by atoms with van der Waals surface area (Å²) in [5.41, 5.74) is 2.19. The highest BCUT2D eigenvalue weighted by molar-refractivity contribution is 9.10. The molecule has 2 aromatic heterocycles. The van der Waals surface area contributed by atoms with Crippen LogP contribution in [0.4, 0.5) is 0 Å². The minimum absolute atomic E-state index is 0.210. The van der Waals surface area contributed by atoms with Crippen molar-refractivity contribution in [3.05, 3.63) is 69.2 Å². The molecule has 24 heavy (non-hydrogen) atoms. The number of rotatable bonds is 3. The third-order valence-corrected chi connectivity index (χ3v) is 4.43. The molecule has 0 saturated heterocycles. The van der Waals surface area contributed by atoms with E-state index in [0.717, 1.165) is 21.2 Å². The monoisotopic (exact) mass is 384 g/mol. The van der Waals surface area contributed by atoms with Crippen molar-refractivity contribution in [1.29, 1.82) is 0 Å². The molecule has 0 unspecified atom stereocenters. The van der Waals surface area contributed by atoms with Gasteiger partial charge in [-0.25, -0.2) is 4.98 Å². The first-order valence-electron chi connectivity index (χ1n) is 7.36. The van der Waals surface area contributed by atoms with Gasteiger partial charge in [-0.15, -0.1) is 0 Å². The molecule has 4 aromatic rings. The van der Waals surface area contributed by atoms with Crippen molar-refractivity contribution in [3.63, 3.8) is 0 Å². The van der Waals surface area contributed by atoms with E-state index in [9.17, 15) is 4.79 Å². The number of ether oxygens (including phenoxy) is 1. The van der Waals surface area contributed by atoms with Gasteiger partial charge in [-0.3, -0.25) is 9.36 Å². The van der Waals surface area contributed by atoms with Gasteiger partial charge in [-0.1, -0.05) is 28.1 Å². The Morgan fingerprint density at radius 3 is 2.92 bits per heavy atom. The van der Waals surface area contributed by atoms with Crippen molar-refractivity contribution in [2.24, 2.45) is 0 Å². The lowest BCUT2D eigenvalue weighted by Gasteiger charge is -2.10. The first-order chi connectivity index (χ1) is 11.7. The van der Waals surface area contributed by atoms with Crippen LogP contribution in [0.3, 0.4) is 0 Å². The molecule has 0 spiro atoms. The van der Waals surface area contributed by atoms with Crippen LogP contribution >= 0.6 is 15.9 Å². The van der Waals surface area contributed by atoms with Gasteiger partial charge >= 0.3 is 0 Å². The summed E-state index contributed by atoms with van der Waals surface area (Å²) in [5.74, 6) is 0.717. The van der Waals surface area contributed by atoms with Gasteiger partial charge in [-0.2, -0.15) is 0 Å². The van der Waals surface area contributed by atoms with Crippen molar-refractivity contribution in [3.8, 4) is 5.75 Å². The SMILES string of the molecule is COc1ccc(Br)cc1Cn1cnc2c(oc3ccccc32)c1=O. The highest BCUT2D eigenvalue weighted by atomic mass is 79.9. The summed E-state index contributed by atoms with van der Waals surface area (Å²) in [6.45, 7) is 0.349. The third kappa shape index (κ3) is 2.39. The molecule has 0 aliphatic carbocycles. The fourth-order valence-electron chi connectivity index (χ4n) is 2.78. The molecular weight excluding hydrogens is 372 g/mol. The van der Waals surface area contributed by atoms with Gasteiger partial charge in [0.15, 0.2) is 0 Å². The Hall–Kier alpha value is -2.60. The maximum Gasteiger partial charge on any atom is 0.297 e. The van der Waals surface area contributed by atoms with Crippen LogP contribution in [0.25, 0.3) is 22.1 Å². The first-order valence-corrected chi connectivity index (χ1v) is 8.16. The van der Waals surface area contributed by atoms with Crippen LogP contribution < -0.4 is 10.3 Å². The van der Waals surface area contributed by atoms with Crippen molar-refractivity contribution in [2.75, 3.05) is 7.11 Å². The number of nitrogens with zero attached hydrogens (tertiary/aromatic N) is 2. The summed E-state index contributed by atoms with van der Waals surface area (Å²) in [7, 11) is 1.61. The molecule has 0 saturated carbocycles. The van der Waals surface area contributed by atoms with E-state index in [2.05, 4.69) is 20.9 Å². The summed E-state index contributed by atoms with van der Waals surface area (Å²) in [6, 6.07) is 13.2. The number of hydrogen-bond donors (Lipinski definition) is 0. The van der Waals surface area contributed by atoms with Gasteiger partial charge in [0.05, 0.1) is 20.0 Å². The van der Waals surface area contributed by atoms with E-state index < -0.39 is 0 Å². The van der Waals surface area contributed by atoms with E-state index in [4.69, 9.17) is 9.15 Å². The summed E-state index contributed by atoms with van der Waals surface area (Å²) in [4.78, 5) is 17.2. The molecule has 5 nitrogen and oxygen atoms in total. The molecule has 0 aliphatic heterocycles. The number of hydrogen-bond acceptors (Lipinski definition) is 4. The molecule has 2 heterocycles. The molecular formula is C18H13BrN2O3. The van der Waals surface area contributed by atoms with E-state index >= 15 is 0 Å². The Morgan fingerprint density at radius 1 is 1.25 bits per heavy atom. The van der Waals surface area contributed by atoms with Gasteiger partial charge < -0.3 is 9.15 Å². The van der Waals surface area contributed by atoms with E-state index in [0.29, 0.717) is 17.6 Å². The summed E-state index contributed by atoms with van der Waals surface area (Å²) in [5, 5.41) is 0.844. The molecule has 0 radical (unpaired) electrons. The quantitative estimate of drug-likeness (QED) is 0.536. The summed E-state index contributed by atoms with van der Waals surface area (Å²) >= 11 is 3.44. The second-order valence-electron chi connectivity index (χ2n) is 5.41. The molecule has 0 atom stereocenters. The number of para-hydroxylation sites is 1. The molecule has 0 fully saturated rings. The number of furan rings is 1. The van der Waals surface area contributed by atoms with Crippen molar-refractivity contribution in [2.45, 2.75) is 6.54 Å². The van der Waals surface area contributed by atoms with Crippen LogP contribution in [0, 0.1) is 0 Å². The number of halogens is 1. The van der Waals surface area contributed by atoms with Gasteiger partial charge in [-0.05, 0) is 30.3 Å². The fraction of sp³-hybridized carbons (Fsp3) is 0.111. The third-order valence-electron chi connectivity index (χ3n) is 3.93. The molecule has 0 amide bonds. The molecule has 0 bridgehead atoms. The Kier molecular flexibility index (Phi) is 3.61. The summed E-state index contributed by atoms with van der Waals surface area (Å²) in [6.07, 6.45) is 1.55. The van der Waals surface area contributed by atoms with Gasteiger partial charge in [0.25, 0.3) is 5.56 Å². The Labute approximate surface area is 145 Å². The minimum atomic E-state index is -0.210. The van der Waals surface area contributed by atoms with Crippen molar-refractivity contribution >= 4 is 38.0 Å². The Balaban J connectivity index is 1.86. The van der Waals surface area contributed by atoms with E-state index in [1.165, 1.54) is 4.57 Å². The Morgan fingerprint density at radius 2 is 2.08 bits per heavy atom. The van der Waals surface area contributed by atoms with Crippen molar-refractivity contribution in [1.82, 2.24) is 9.55 Å². The molecule has 120 valence electrons. The van der Waals surface area contributed by atoms with E-state index in [-0.39, 0.29) is 11.1 Å². The van der Waals surface area contributed by atoms with Crippen LogP contribution in [0.5, 0.6) is 5.75 Å². The Bertz CT molecular complexity index is 1110. The lowest BCUT2D eigenvalue weighted by atomic mass is 10.2. The smallest absolute Gasteiger partial charge is 0.297 e. The zero-order chi connectivity index (χ0) is 16.7. The second kappa shape index (κ2) is 5.79. The second-order valence-corrected chi connectivity index (χ2v) is 6.33. The predicted octanol–water partition coefficient (Wildman–Crippen LogP) is 3.96. The highest BCUT2D eigenvalue weighted by Gasteiger charge is 2.14. The normalized spacial score (nSPS) is 11.2. The topological polar surface area (TPSA) is 57.3 Å². The van der Waals surface area contributed by atoms with Crippen LogP contribution in [0.1, 0.15) is 5.56 Å². The van der Waals surface area contributed by atoms with Crippen LogP contribution in [0.2, 0.25) is 0 Å². The lowest BCUT2D eigenvalue weighted by molar-refractivity contribution is 0.408. The molecule has 4 rings (SSSR count). The average molecular weight is 385 g/mol. The average Bonchev–Trinajstić information content (AvgIpc) is 2.97. The number of fused-ring (bicyclic) bond motifs is 3. The summed E-state index contributed by atoms with van der Waals surface area (Å²) < 4.78 is 13.5. The first kappa shape index (κ1) is 15.0. The van der Waals surface area contributed by atoms with Gasteiger partial charge in [0.2, 0.25) is 5.58 Å². The van der Waals surface area contributed by atoms with Crippen LogP contribution in [-0.4, -0.2) is 16.7 Å². The number of methoxy groups -OCH3 is 1. The molecule has 0 N–H and O–H groups in total. The number of benzene rings is 2. The largest absolute Gasteiger partial charge is 0.496 e.